The number of benzene rings is 2. The van der Waals surface area contributed by atoms with Gasteiger partial charge in [0.15, 0.2) is 0 Å². The molecule has 2 aromatic rings. The Labute approximate surface area is 119 Å². The molecule has 0 aliphatic heterocycles. The van der Waals surface area contributed by atoms with E-state index < -0.39 is 0 Å². The molecule has 2 rings (SSSR count). The van der Waals surface area contributed by atoms with Crippen LogP contribution in [0, 0.1) is 19.7 Å². The number of hydrogen-bond donors (Lipinski definition) is 0. The molecule has 0 atom stereocenters. The van der Waals surface area contributed by atoms with Crippen molar-refractivity contribution in [1.82, 2.24) is 0 Å². The van der Waals surface area contributed by atoms with E-state index in [4.69, 9.17) is 11.6 Å². The predicted octanol–water partition coefficient (Wildman–Crippen LogP) is 5.89. The zero-order valence-corrected chi connectivity index (χ0v) is 12.5. The van der Waals surface area contributed by atoms with E-state index in [1.807, 2.05) is 19.1 Å². The second-order valence-corrected chi connectivity index (χ2v) is 5.71. The Morgan fingerprint density at radius 3 is 2.26 bits per heavy atom. The van der Waals surface area contributed by atoms with Gasteiger partial charge in [-0.25, -0.2) is 4.39 Å². The van der Waals surface area contributed by atoms with Gasteiger partial charge in [-0.15, -0.1) is 0 Å². The molecule has 0 N–H and O–H groups in total. The molecule has 0 spiro atoms. The van der Waals surface area contributed by atoms with E-state index in [-0.39, 0.29) is 5.82 Å². The van der Waals surface area contributed by atoms with Crippen LogP contribution < -0.4 is 0 Å². The third-order valence-corrected chi connectivity index (χ3v) is 3.78. The minimum atomic E-state index is -0.180. The monoisotopic (exact) mass is 276 g/mol. The highest BCUT2D eigenvalue weighted by molar-refractivity contribution is 6.31. The highest BCUT2D eigenvalue weighted by Gasteiger charge is 2.11. The van der Waals surface area contributed by atoms with Crippen LogP contribution in [0.5, 0.6) is 0 Å². The average molecular weight is 277 g/mol. The van der Waals surface area contributed by atoms with Gasteiger partial charge in [-0.2, -0.15) is 0 Å². The second kappa shape index (κ2) is 5.34. The maximum atomic E-state index is 13.7. The maximum absolute atomic E-state index is 13.7. The van der Waals surface area contributed by atoms with Gasteiger partial charge in [-0.3, -0.25) is 0 Å². The fraction of sp³-hybridized carbons (Fsp3) is 0.294. The minimum absolute atomic E-state index is 0.180. The lowest BCUT2D eigenvalue weighted by Crippen LogP contribution is -1.93. The van der Waals surface area contributed by atoms with Crippen molar-refractivity contribution in [1.29, 1.82) is 0 Å². The molecular formula is C17H18ClF. The fourth-order valence-electron chi connectivity index (χ4n) is 2.22. The summed E-state index contributed by atoms with van der Waals surface area (Å²) in [6, 6.07) is 9.35. The molecule has 0 amide bonds. The van der Waals surface area contributed by atoms with Crippen LogP contribution in [0.4, 0.5) is 4.39 Å². The van der Waals surface area contributed by atoms with E-state index in [2.05, 4.69) is 19.9 Å². The summed E-state index contributed by atoms with van der Waals surface area (Å²) >= 11 is 6.32. The van der Waals surface area contributed by atoms with Crippen molar-refractivity contribution in [2.75, 3.05) is 0 Å². The van der Waals surface area contributed by atoms with Crippen LogP contribution in [0.3, 0.4) is 0 Å². The summed E-state index contributed by atoms with van der Waals surface area (Å²) in [6.07, 6.45) is 0. The number of aryl methyl sites for hydroxylation is 2. The Morgan fingerprint density at radius 2 is 1.68 bits per heavy atom. The first-order valence-electron chi connectivity index (χ1n) is 6.46. The smallest absolute Gasteiger partial charge is 0.126 e. The molecule has 2 aromatic carbocycles. The van der Waals surface area contributed by atoms with Crippen LogP contribution in [0.2, 0.25) is 5.02 Å². The van der Waals surface area contributed by atoms with E-state index in [0.29, 0.717) is 11.5 Å². The molecule has 2 heteroatoms. The lowest BCUT2D eigenvalue weighted by molar-refractivity contribution is 0.619. The lowest BCUT2D eigenvalue weighted by atomic mass is 9.94. The molecule has 100 valence electrons. The largest absolute Gasteiger partial charge is 0.207 e. The third kappa shape index (κ3) is 2.82. The molecule has 0 bridgehead atoms. The van der Waals surface area contributed by atoms with Crippen molar-refractivity contribution in [3.8, 4) is 11.1 Å². The Balaban J connectivity index is 2.57. The van der Waals surface area contributed by atoms with Crippen LogP contribution in [0.1, 0.15) is 36.5 Å². The van der Waals surface area contributed by atoms with Gasteiger partial charge in [-0.1, -0.05) is 43.6 Å². The normalized spacial score (nSPS) is 11.1. The van der Waals surface area contributed by atoms with Crippen LogP contribution in [0.25, 0.3) is 11.1 Å². The molecule has 0 aromatic heterocycles. The van der Waals surface area contributed by atoms with Crippen LogP contribution >= 0.6 is 11.6 Å². The van der Waals surface area contributed by atoms with E-state index in [1.165, 1.54) is 0 Å². The van der Waals surface area contributed by atoms with Gasteiger partial charge < -0.3 is 0 Å². The van der Waals surface area contributed by atoms with Gasteiger partial charge in [0.25, 0.3) is 0 Å². The van der Waals surface area contributed by atoms with Crippen molar-refractivity contribution in [3.63, 3.8) is 0 Å². The summed E-state index contributed by atoms with van der Waals surface area (Å²) in [5.74, 6) is 0.205. The highest BCUT2D eigenvalue weighted by Crippen LogP contribution is 2.33. The maximum Gasteiger partial charge on any atom is 0.126 e. The topological polar surface area (TPSA) is 0 Å². The molecule has 0 unspecified atom stereocenters. The van der Waals surface area contributed by atoms with Crippen LogP contribution in [-0.2, 0) is 0 Å². The van der Waals surface area contributed by atoms with Crippen LogP contribution in [0.15, 0.2) is 30.3 Å². The molecule has 19 heavy (non-hydrogen) atoms. The summed E-state index contributed by atoms with van der Waals surface area (Å²) < 4.78 is 13.7. The highest BCUT2D eigenvalue weighted by atomic mass is 35.5. The predicted molar refractivity (Wildman–Crippen MR) is 80.4 cm³/mol. The average Bonchev–Trinajstić information content (AvgIpc) is 2.35. The summed E-state index contributed by atoms with van der Waals surface area (Å²) in [7, 11) is 0. The van der Waals surface area contributed by atoms with E-state index >= 15 is 0 Å². The molecule has 0 fully saturated rings. The molecule has 0 nitrogen and oxygen atoms in total. The third-order valence-electron chi connectivity index (χ3n) is 3.45. The fourth-order valence-corrected chi connectivity index (χ4v) is 2.60. The first-order chi connectivity index (χ1) is 8.90. The van der Waals surface area contributed by atoms with Crippen molar-refractivity contribution in [3.05, 3.63) is 57.9 Å². The zero-order valence-electron chi connectivity index (χ0n) is 11.7. The summed E-state index contributed by atoms with van der Waals surface area (Å²) in [6.45, 7) is 8.04. The summed E-state index contributed by atoms with van der Waals surface area (Å²) in [5, 5.41) is 0.747. The van der Waals surface area contributed by atoms with Crippen molar-refractivity contribution >= 4 is 11.6 Å². The first-order valence-corrected chi connectivity index (χ1v) is 6.84. The second-order valence-electron chi connectivity index (χ2n) is 5.31. The summed E-state index contributed by atoms with van der Waals surface area (Å²) in [4.78, 5) is 0. The molecular weight excluding hydrogens is 259 g/mol. The van der Waals surface area contributed by atoms with Crippen LogP contribution in [-0.4, -0.2) is 0 Å². The van der Waals surface area contributed by atoms with E-state index in [9.17, 15) is 4.39 Å². The molecule has 0 aliphatic rings. The Bertz CT molecular complexity index is 615. The van der Waals surface area contributed by atoms with E-state index in [0.717, 1.165) is 27.3 Å². The Morgan fingerprint density at radius 1 is 1.00 bits per heavy atom. The SMILES string of the molecule is Cc1ccc(-c2cc(Cl)c(C(C)C)cc2C)cc1F. The zero-order chi connectivity index (χ0) is 14.2. The first kappa shape index (κ1) is 14.1. The van der Waals surface area contributed by atoms with Gasteiger partial charge in [0.05, 0.1) is 0 Å². The van der Waals surface area contributed by atoms with Gasteiger partial charge >= 0.3 is 0 Å². The molecule has 0 saturated heterocycles. The van der Waals surface area contributed by atoms with Gasteiger partial charge in [-0.05, 0) is 59.7 Å². The van der Waals surface area contributed by atoms with Gasteiger partial charge in [0.2, 0.25) is 0 Å². The lowest BCUT2D eigenvalue weighted by Gasteiger charge is -2.14. The molecule has 0 aliphatic carbocycles. The number of hydrogen-bond acceptors (Lipinski definition) is 0. The summed E-state index contributed by atoms with van der Waals surface area (Å²) in [5.41, 5.74) is 4.78. The minimum Gasteiger partial charge on any atom is -0.207 e. The van der Waals surface area contributed by atoms with Crippen molar-refractivity contribution < 1.29 is 4.39 Å². The molecule has 0 saturated carbocycles. The number of halogens is 2. The van der Waals surface area contributed by atoms with Crippen molar-refractivity contribution in [2.45, 2.75) is 33.6 Å². The Hall–Kier alpha value is -1.34. The Kier molecular flexibility index (Phi) is 3.96. The van der Waals surface area contributed by atoms with Gasteiger partial charge in [0, 0.05) is 5.02 Å². The number of rotatable bonds is 2. The standard InChI is InChI=1S/C17H18ClF/c1-10(2)14-7-12(4)15(9-16(14)18)13-6-5-11(3)17(19)8-13/h5-10H,1-4H3. The molecule has 0 heterocycles. The van der Waals surface area contributed by atoms with E-state index in [1.54, 1.807) is 19.1 Å². The van der Waals surface area contributed by atoms with Crippen molar-refractivity contribution in [2.24, 2.45) is 0 Å². The van der Waals surface area contributed by atoms with Gasteiger partial charge in [0.1, 0.15) is 5.82 Å². The molecule has 0 radical (unpaired) electrons. The quantitative estimate of drug-likeness (QED) is 0.642.